The van der Waals surface area contributed by atoms with Gasteiger partial charge < -0.3 is 127 Å². The first-order valence-corrected chi connectivity index (χ1v) is 29.2. The minimum atomic E-state index is -0.167. The standard InChI is InChI=1S/2C8H10.C7H13NO.4C5H12.C3H8O.2C2H6.7CH5N.11CH2O.4H3N.2H2/c2*1-2-8-6-4-3-5-7-8;1-7(9)8-5-3-2-4-6-8;4*1-4-5(2)3;1-3(2)4;20*1-2;;;;;;/h2*3-7H,2H2,1H3;2-6H2,1H3;4*5H,4H2,1-3H3;3-4H,1-2H3;2*1-2H3;7*2H2,1H3;11*1H2;4*1H3;2*1H. The Balaban J connectivity index is -0.0000000158. The molecule has 25 nitrogen and oxygen atoms in total. The SMILES string of the molecule is C=O.C=O.C=O.C=O.C=O.C=O.C=O.C=O.C=O.C=O.C=O.CC.CC.CC(=O)N1CCCCC1.CC(C)O.CCC(C)C.CCC(C)C.CCC(C)C.CCC(C)C.CCc1ccccc1.CCc1ccccc1.CN.CN.CN.CN.CN.CN.CN.N.N.N.N.[HH].[HH]. The van der Waals surface area contributed by atoms with Crippen molar-refractivity contribution in [2.24, 2.45) is 63.8 Å². The van der Waals surface area contributed by atoms with E-state index in [4.69, 9.17) is 57.8 Å². The predicted octanol–water partition coefficient (Wildman–Crippen LogP) is 12.3. The van der Waals surface area contributed by atoms with Crippen LogP contribution in [0.3, 0.4) is 0 Å². The fourth-order valence-corrected chi connectivity index (χ4v) is 2.64. The van der Waals surface area contributed by atoms with Gasteiger partial charge in [0.05, 0.1) is 0 Å². The van der Waals surface area contributed by atoms with Crippen LogP contribution in [0, 0.1) is 23.7 Å². The first-order valence-electron chi connectivity index (χ1n) is 29.2. The number of benzene rings is 2. The van der Waals surface area contributed by atoms with Crippen molar-refractivity contribution < 1.29 is 65.5 Å². The van der Waals surface area contributed by atoms with Crippen LogP contribution in [0.25, 0.3) is 0 Å². The lowest BCUT2D eigenvalue weighted by Crippen LogP contribution is -2.33. The third-order valence-electron chi connectivity index (χ3n) is 7.57. The Hall–Kier alpha value is -6.20. The molecule has 0 aromatic heterocycles. The van der Waals surface area contributed by atoms with Crippen LogP contribution < -0.4 is 64.7 Å². The largest absolute Gasteiger partial charge is 0.394 e. The molecule has 0 bridgehead atoms. The fourth-order valence-electron chi connectivity index (χ4n) is 2.64. The molecule has 1 aliphatic rings. The van der Waals surface area contributed by atoms with Crippen LogP contribution in [-0.4, -0.2) is 159 Å². The van der Waals surface area contributed by atoms with Crippen LogP contribution in [0.2, 0.25) is 0 Å². The number of nitrogens with two attached hydrogens (primary N) is 7. The second-order valence-electron chi connectivity index (χ2n) is 14.5. The average Bonchev–Trinajstić information content (AvgIpc) is 3.66. The average molecular weight is 1370 g/mol. The Morgan fingerprint density at radius 1 is 0.355 bits per heavy atom. The van der Waals surface area contributed by atoms with E-state index in [0.717, 1.165) is 49.6 Å². The van der Waals surface area contributed by atoms with E-state index < -0.39 is 0 Å². The van der Waals surface area contributed by atoms with E-state index in [-0.39, 0.29) is 39.5 Å². The Labute approximate surface area is 580 Å². The highest BCUT2D eigenvalue weighted by Crippen LogP contribution is 2.07. The van der Waals surface area contributed by atoms with Crippen LogP contribution in [0.5, 0.6) is 0 Å². The lowest BCUT2D eigenvalue weighted by molar-refractivity contribution is -0.129. The Morgan fingerprint density at radius 2 is 0.473 bits per heavy atom. The summed E-state index contributed by atoms with van der Waals surface area (Å²) in [5, 5.41) is 8.06. The highest BCUT2D eigenvalue weighted by atomic mass is 16.3. The number of aliphatic hydroxyl groups is 1. The normalized spacial score (nSPS) is 7.00. The number of amides is 1. The molecule has 0 radical (unpaired) electrons. The summed E-state index contributed by atoms with van der Waals surface area (Å²) in [7, 11) is 10.5. The van der Waals surface area contributed by atoms with Gasteiger partial charge in [-0.05, 0) is 130 Å². The number of piperidine rings is 1. The molecule has 1 fully saturated rings. The van der Waals surface area contributed by atoms with Crippen LogP contribution in [0.15, 0.2) is 60.7 Å². The second kappa shape index (κ2) is 353. The molecule has 0 unspecified atom stereocenters. The zero-order chi connectivity index (χ0) is 79.0. The maximum Gasteiger partial charge on any atom is 0.219 e. The van der Waals surface area contributed by atoms with Gasteiger partial charge in [0.1, 0.15) is 74.7 Å². The zero-order valence-corrected chi connectivity index (χ0v) is 66.4. The van der Waals surface area contributed by atoms with Crippen molar-refractivity contribution in [3.8, 4) is 0 Å². The quantitative estimate of drug-likeness (QED) is 0.128. The fraction of sp³-hybridized carbons (Fsp3) is 0.647. The Morgan fingerprint density at radius 3 is 0.538 bits per heavy atom. The van der Waals surface area contributed by atoms with Crippen LogP contribution in [0.4, 0.5) is 0 Å². The predicted molar refractivity (Wildman–Crippen MR) is 422 cm³/mol. The van der Waals surface area contributed by atoms with E-state index in [1.807, 2.05) is 119 Å². The number of nitrogens with zero attached hydrogens (tertiary/aromatic N) is 1. The van der Waals surface area contributed by atoms with Gasteiger partial charge in [0.25, 0.3) is 0 Å². The summed E-state index contributed by atoms with van der Waals surface area (Å²) in [4.78, 5) is 101. The molecule has 0 spiro atoms. The highest BCUT2D eigenvalue weighted by molar-refractivity contribution is 5.73. The minimum Gasteiger partial charge on any atom is -0.394 e. The monoisotopic (exact) mass is 1370 g/mol. The zero-order valence-electron chi connectivity index (χ0n) is 66.4. The summed E-state index contributed by atoms with van der Waals surface area (Å²) in [5.74, 6) is 3.77. The Kier molecular flexibility index (Phi) is 726. The van der Waals surface area contributed by atoms with Crippen molar-refractivity contribution in [1.29, 1.82) is 0 Å². The van der Waals surface area contributed by atoms with Gasteiger partial charge in [-0.3, -0.25) is 4.79 Å². The van der Waals surface area contributed by atoms with E-state index in [1.54, 1.807) is 20.8 Å². The molecule has 2 aromatic carbocycles. The molecule has 27 N–H and O–H groups in total. The number of rotatable bonds is 6. The molecular weight excluding hydrogens is 1190 g/mol. The van der Waals surface area contributed by atoms with Crippen molar-refractivity contribution >= 4 is 80.6 Å². The van der Waals surface area contributed by atoms with Crippen molar-refractivity contribution in [3.05, 3.63) is 71.8 Å². The smallest absolute Gasteiger partial charge is 0.219 e. The molecule has 25 heteroatoms. The summed E-state index contributed by atoms with van der Waals surface area (Å²) in [6.07, 6.45) is 11.0. The van der Waals surface area contributed by atoms with Gasteiger partial charge >= 0.3 is 0 Å². The highest BCUT2D eigenvalue weighted by Gasteiger charge is 2.11. The summed E-state index contributed by atoms with van der Waals surface area (Å²) < 4.78 is 0. The number of carbonyl (C=O) groups is 12. The number of aryl methyl sites for hydroxylation is 2. The molecule has 0 atom stereocenters. The number of carbonyl (C=O) groups excluding carboxylic acids is 12. The van der Waals surface area contributed by atoms with Gasteiger partial charge in [0, 0.05) is 29.0 Å². The summed E-state index contributed by atoms with van der Waals surface area (Å²) in [6, 6.07) is 20.9. The first-order chi connectivity index (χ1) is 43.0. The van der Waals surface area contributed by atoms with Crippen molar-refractivity contribution in [2.45, 2.75) is 209 Å². The van der Waals surface area contributed by atoms with Gasteiger partial charge in [0.2, 0.25) is 5.91 Å². The third-order valence-corrected chi connectivity index (χ3v) is 7.57. The molecule has 3 rings (SSSR count). The second-order valence-corrected chi connectivity index (χ2v) is 14.5. The summed E-state index contributed by atoms with van der Waals surface area (Å²) in [6.45, 7) is 67.9. The van der Waals surface area contributed by atoms with E-state index in [2.05, 4.69) is 186 Å². The first kappa shape index (κ1) is 191. The lowest BCUT2D eigenvalue weighted by Gasteiger charge is -2.24. The molecule has 1 amide bonds. The number of aliphatic hydroxyl groups excluding tert-OH is 1. The van der Waals surface area contributed by atoms with Gasteiger partial charge in [-0.2, -0.15) is 0 Å². The van der Waals surface area contributed by atoms with Gasteiger partial charge in [-0.25, -0.2) is 0 Å². The van der Waals surface area contributed by atoms with Gasteiger partial charge in [0.15, 0.2) is 0 Å². The lowest BCUT2D eigenvalue weighted by atomic mass is 10.1. The Bertz CT molecular complexity index is 994. The molecule has 1 aliphatic heterocycles. The number of hydrogen-bond donors (Lipinski definition) is 12. The van der Waals surface area contributed by atoms with E-state index >= 15 is 0 Å². The third kappa shape index (κ3) is 527. The summed E-state index contributed by atoms with van der Waals surface area (Å²) in [5.41, 5.74) is 34.3. The van der Waals surface area contributed by atoms with Crippen molar-refractivity contribution in [2.75, 3.05) is 62.4 Å². The number of hydrogen-bond acceptors (Lipinski definition) is 24. The van der Waals surface area contributed by atoms with E-state index in [9.17, 15) is 4.79 Å². The van der Waals surface area contributed by atoms with E-state index in [0.29, 0.717) is 0 Å². The maximum atomic E-state index is 10.7. The van der Waals surface area contributed by atoms with Crippen molar-refractivity contribution in [3.63, 3.8) is 0 Å². The number of likely N-dealkylation sites (tertiary alicyclic amines) is 1. The minimum absolute atomic E-state index is 0. The van der Waals surface area contributed by atoms with Crippen LogP contribution in [-0.2, 0) is 70.4 Å². The molecule has 2 aromatic rings. The van der Waals surface area contributed by atoms with Gasteiger partial charge in [-0.15, -0.1) is 0 Å². The molecule has 93 heavy (non-hydrogen) atoms. The molecule has 1 heterocycles. The molecule has 0 aliphatic carbocycles. The molecule has 1 saturated heterocycles. The molecule has 584 valence electrons. The van der Waals surface area contributed by atoms with Gasteiger partial charge in [-0.1, -0.05) is 211 Å². The van der Waals surface area contributed by atoms with Crippen molar-refractivity contribution in [1.82, 2.24) is 29.5 Å². The topological polar surface area (TPSA) is 550 Å². The van der Waals surface area contributed by atoms with E-state index in [1.165, 1.54) is 105 Å². The van der Waals surface area contributed by atoms with Crippen LogP contribution in [0.1, 0.15) is 204 Å². The summed E-state index contributed by atoms with van der Waals surface area (Å²) >= 11 is 0. The molecular formula is C68H174N12O13. The van der Waals surface area contributed by atoms with Crippen LogP contribution >= 0.6 is 0 Å². The molecule has 0 saturated carbocycles. The maximum absolute atomic E-state index is 10.7.